The minimum Gasteiger partial charge on any atom is -0.508 e. The van der Waals surface area contributed by atoms with Gasteiger partial charge in [0.15, 0.2) is 18.7 Å². The van der Waals surface area contributed by atoms with E-state index in [9.17, 15) is 23.8 Å². The summed E-state index contributed by atoms with van der Waals surface area (Å²) in [5, 5.41) is 21.2. The zero-order valence-electron chi connectivity index (χ0n) is 19.9. The maximum Gasteiger partial charge on any atom is 0.415 e. The molecule has 10 heteroatoms. The van der Waals surface area contributed by atoms with Gasteiger partial charge in [-0.3, -0.25) is 4.90 Å². The molecular formula is C27H26F2N2O6. The van der Waals surface area contributed by atoms with Gasteiger partial charge in [0.05, 0.1) is 6.54 Å². The number of benzene rings is 3. The van der Waals surface area contributed by atoms with Crippen molar-refractivity contribution in [1.82, 2.24) is 0 Å². The van der Waals surface area contributed by atoms with Crippen molar-refractivity contribution < 1.29 is 38.0 Å². The normalized spacial score (nSPS) is 23.9. The minimum absolute atomic E-state index is 0.00697. The fraction of sp³-hybridized carbons (Fsp3) is 0.296. The van der Waals surface area contributed by atoms with Gasteiger partial charge in [0.2, 0.25) is 0 Å². The van der Waals surface area contributed by atoms with Crippen molar-refractivity contribution in [2.24, 2.45) is 0 Å². The van der Waals surface area contributed by atoms with Crippen molar-refractivity contribution in [2.45, 2.75) is 37.8 Å². The van der Waals surface area contributed by atoms with Gasteiger partial charge in [-0.15, -0.1) is 0 Å². The topological polar surface area (TPSA) is 91.7 Å². The maximum absolute atomic E-state index is 13.6. The SMILES string of the molecule is CC1OC(CN(CC(O)[C@H]2OC(=O)N(c3ccc(F)cc3)[C@@H]2c2ccc(O)cc2)c2ccc(F)cc2)O1. The molecule has 2 heterocycles. The highest BCUT2D eigenvalue weighted by molar-refractivity contribution is 5.91. The molecule has 3 atom stereocenters. The summed E-state index contributed by atoms with van der Waals surface area (Å²) in [6.45, 7) is 2.02. The maximum atomic E-state index is 13.6. The zero-order chi connectivity index (χ0) is 26.1. The van der Waals surface area contributed by atoms with E-state index in [2.05, 4.69) is 0 Å². The van der Waals surface area contributed by atoms with Crippen LogP contribution in [0.1, 0.15) is 18.5 Å². The van der Waals surface area contributed by atoms with Crippen molar-refractivity contribution in [3.63, 3.8) is 0 Å². The molecule has 0 bridgehead atoms. The summed E-state index contributed by atoms with van der Waals surface area (Å²) in [5.41, 5.74) is 1.61. The van der Waals surface area contributed by atoms with Gasteiger partial charge in [-0.2, -0.15) is 0 Å². The van der Waals surface area contributed by atoms with Crippen LogP contribution in [0.5, 0.6) is 5.75 Å². The lowest BCUT2D eigenvalue weighted by Gasteiger charge is -2.39. The molecule has 0 spiro atoms. The monoisotopic (exact) mass is 512 g/mol. The van der Waals surface area contributed by atoms with E-state index in [0.717, 1.165) is 0 Å². The van der Waals surface area contributed by atoms with Crippen molar-refractivity contribution in [2.75, 3.05) is 22.9 Å². The third-order valence-electron chi connectivity index (χ3n) is 6.40. The molecule has 1 unspecified atom stereocenters. The Bertz CT molecular complexity index is 1220. The van der Waals surface area contributed by atoms with Crippen LogP contribution in [0.25, 0.3) is 0 Å². The van der Waals surface area contributed by atoms with Gasteiger partial charge in [-0.25, -0.2) is 13.6 Å². The number of aliphatic hydroxyl groups excluding tert-OH is 1. The van der Waals surface area contributed by atoms with Crippen LogP contribution in [0.3, 0.4) is 0 Å². The second-order valence-electron chi connectivity index (χ2n) is 8.95. The van der Waals surface area contributed by atoms with Gasteiger partial charge in [0, 0.05) is 17.9 Å². The quantitative estimate of drug-likeness (QED) is 0.465. The second-order valence-corrected chi connectivity index (χ2v) is 8.95. The van der Waals surface area contributed by atoms with Gasteiger partial charge in [-0.05, 0) is 73.2 Å². The summed E-state index contributed by atoms with van der Waals surface area (Å²) in [4.78, 5) is 16.2. The number of nitrogens with zero attached hydrogens (tertiary/aromatic N) is 2. The molecule has 5 rings (SSSR count). The number of ether oxygens (including phenoxy) is 3. The Morgan fingerprint density at radius 3 is 2.14 bits per heavy atom. The molecule has 3 aromatic carbocycles. The number of carbonyl (C=O) groups excluding carboxylic acids is 1. The van der Waals surface area contributed by atoms with Crippen molar-refractivity contribution in [3.8, 4) is 5.75 Å². The molecule has 2 aliphatic heterocycles. The van der Waals surface area contributed by atoms with Crippen LogP contribution in [0.4, 0.5) is 25.0 Å². The molecule has 2 N–H and O–H groups in total. The Labute approximate surface area is 212 Å². The van der Waals surface area contributed by atoms with Crippen LogP contribution in [0.2, 0.25) is 0 Å². The number of hydrogen-bond acceptors (Lipinski definition) is 7. The minimum atomic E-state index is -1.20. The molecule has 0 aliphatic carbocycles. The molecular weight excluding hydrogens is 486 g/mol. The molecule has 2 saturated heterocycles. The summed E-state index contributed by atoms with van der Waals surface area (Å²) in [6, 6.07) is 16.6. The van der Waals surface area contributed by atoms with E-state index in [1.54, 1.807) is 36.1 Å². The molecule has 194 valence electrons. The summed E-state index contributed by atoms with van der Waals surface area (Å²) in [7, 11) is 0. The highest BCUT2D eigenvalue weighted by Crippen LogP contribution is 2.39. The van der Waals surface area contributed by atoms with Crippen LogP contribution in [0, 0.1) is 11.6 Å². The van der Waals surface area contributed by atoms with Gasteiger partial charge < -0.3 is 29.3 Å². The zero-order valence-corrected chi connectivity index (χ0v) is 19.9. The van der Waals surface area contributed by atoms with E-state index < -0.39 is 42.3 Å². The predicted molar refractivity (Wildman–Crippen MR) is 130 cm³/mol. The van der Waals surface area contributed by atoms with E-state index in [4.69, 9.17) is 14.2 Å². The third kappa shape index (κ3) is 5.36. The summed E-state index contributed by atoms with van der Waals surface area (Å²) >= 11 is 0. The average molecular weight is 513 g/mol. The average Bonchev–Trinajstić information content (AvgIpc) is 3.21. The van der Waals surface area contributed by atoms with Gasteiger partial charge >= 0.3 is 6.09 Å². The number of cyclic esters (lactones) is 1. The van der Waals surface area contributed by atoms with Crippen LogP contribution >= 0.6 is 0 Å². The number of hydrogen-bond donors (Lipinski definition) is 2. The van der Waals surface area contributed by atoms with Gasteiger partial charge in [0.25, 0.3) is 0 Å². The first kappa shape index (κ1) is 24.9. The van der Waals surface area contributed by atoms with Crippen LogP contribution < -0.4 is 9.80 Å². The van der Waals surface area contributed by atoms with E-state index in [0.29, 0.717) is 16.9 Å². The molecule has 0 aromatic heterocycles. The number of rotatable bonds is 8. The second kappa shape index (κ2) is 10.3. The first-order valence-electron chi connectivity index (χ1n) is 11.8. The fourth-order valence-electron chi connectivity index (χ4n) is 4.64. The van der Waals surface area contributed by atoms with Crippen molar-refractivity contribution >= 4 is 17.5 Å². The van der Waals surface area contributed by atoms with Gasteiger partial charge in [0.1, 0.15) is 29.5 Å². The van der Waals surface area contributed by atoms with E-state index in [1.807, 2.05) is 0 Å². The molecule has 1 amide bonds. The first-order chi connectivity index (χ1) is 17.8. The van der Waals surface area contributed by atoms with Crippen LogP contribution in [0.15, 0.2) is 72.8 Å². The lowest BCUT2D eigenvalue weighted by Crippen LogP contribution is -2.50. The Kier molecular flexibility index (Phi) is 6.96. The Balaban J connectivity index is 1.44. The van der Waals surface area contributed by atoms with Crippen LogP contribution in [-0.4, -0.2) is 54.2 Å². The first-order valence-corrected chi connectivity index (χ1v) is 11.8. The summed E-state index contributed by atoms with van der Waals surface area (Å²) < 4.78 is 43.9. The predicted octanol–water partition coefficient (Wildman–Crippen LogP) is 4.32. The number of aromatic hydroxyl groups is 1. The van der Waals surface area contributed by atoms with Crippen molar-refractivity contribution in [3.05, 3.63) is 90.0 Å². The number of halogens is 2. The van der Waals surface area contributed by atoms with Crippen molar-refractivity contribution in [1.29, 1.82) is 0 Å². The Morgan fingerprint density at radius 1 is 0.946 bits per heavy atom. The number of anilines is 2. The lowest BCUT2D eigenvalue weighted by atomic mass is 9.96. The lowest BCUT2D eigenvalue weighted by molar-refractivity contribution is -0.370. The fourth-order valence-corrected chi connectivity index (χ4v) is 4.64. The highest BCUT2D eigenvalue weighted by Gasteiger charge is 2.47. The Morgan fingerprint density at radius 2 is 1.54 bits per heavy atom. The molecule has 2 fully saturated rings. The van der Waals surface area contributed by atoms with Gasteiger partial charge in [-0.1, -0.05) is 12.1 Å². The molecule has 8 nitrogen and oxygen atoms in total. The van der Waals surface area contributed by atoms with E-state index in [-0.39, 0.29) is 25.1 Å². The Hall–Kier alpha value is -3.73. The molecule has 0 radical (unpaired) electrons. The largest absolute Gasteiger partial charge is 0.508 e. The third-order valence-corrected chi connectivity index (χ3v) is 6.40. The number of phenols is 1. The molecule has 3 aromatic rings. The number of carbonyl (C=O) groups is 1. The highest BCUT2D eigenvalue weighted by atomic mass is 19.1. The number of aliphatic hydroxyl groups is 1. The van der Waals surface area contributed by atoms with Crippen LogP contribution in [-0.2, 0) is 14.2 Å². The molecule has 2 aliphatic rings. The summed E-state index contributed by atoms with van der Waals surface area (Å²) in [6.07, 6.45) is -3.81. The summed E-state index contributed by atoms with van der Waals surface area (Å²) in [5.74, 6) is -0.823. The molecule has 0 saturated carbocycles. The standard InChI is InChI=1S/C27H26F2N2O6/c1-16-35-24(36-16)15-30(20-8-4-18(28)5-9-20)14-23(33)26-25(17-2-12-22(32)13-3-17)31(27(34)37-26)21-10-6-19(29)7-11-21/h2-13,16,23-26,32-33H,14-15H2,1H3/t16?,23?,24?,25-,26-/m1/s1. The van der Waals surface area contributed by atoms with E-state index >= 15 is 0 Å². The smallest absolute Gasteiger partial charge is 0.415 e. The van der Waals surface area contributed by atoms with E-state index in [1.165, 1.54) is 53.4 Å². The molecule has 37 heavy (non-hydrogen) atoms. The number of amides is 1. The number of phenolic OH excluding ortho intramolecular Hbond substituents is 1.